The molecule has 0 amide bonds. The molecule has 88 valence electrons. The SMILES string of the molecule is CC(C)Cn1cnnc1C1CC2CCC1C2. The van der Waals surface area contributed by atoms with Gasteiger partial charge in [0.2, 0.25) is 0 Å². The molecule has 3 rings (SSSR count). The molecular formula is C13H21N3. The molecule has 2 bridgehead atoms. The maximum Gasteiger partial charge on any atom is 0.136 e. The van der Waals surface area contributed by atoms with E-state index in [0.717, 1.165) is 18.4 Å². The van der Waals surface area contributed by atoms with Crippen LogP contribution >= 0.6 is 0 Å². The minimum Gasteiger partial charge on any atom is -0.317 e. The Morgan fingerprint density at radius 3 is 2.88 bits per heavy atom. The van der Waals surface area contributed by atoms with E-state index in [9.17, 15) is 0 Å². The van der Waals surface area contributed by atoms with Gasteiger partial charge in [0.25, 0.3) is 0 Å². The molecule has 16 heavy (non-hydrogen) atoms. The van der Waals surface area contributed by atoms with Crippen LogP contribution in [0.5, 0.6) is 0 Å². The van der Waals surface area contributed by atoms with Crippen molar-refractivity contribution < 1.29 is 0 Å². The first-order valence-corrected chi connectivity index (χ1v) is 6.61. The van der Waals surface area contributed by atoms with Crippen LogP contribution in [0.25, 0.3) is 0 Å². The molecule has 3 heteroatoms. The Morgan fingerprint density at radius 2 is 2.25 bits per heavy atom. The van der Waals surface area contributed by atoms with Gasteiger partial charge >= 0.3 is 0 Å². The van der Waals surface area contributed by atoms with Gasteiger partial charge in [0.05, 0.1) is 0 Å². The molecule has 3 nitrogen and oxygen atoms in total. The smallest absolute Gasteiger partial charge is 0.136 e. The van der Waals surface area contributed by atoms with E-state index in [1.165, 1.54) is 31.5 Å². The maximum atomic E-state index is 4.38. The topological polar surface area (TPSA) is 30.7 Å². The molecule has 1 aromatic rings. The van der Waals surface area contributed by atoms with Crippen molar-refractivity contribution in [3.63, 3.8) is 0 Å². The number of aromatic nitrogens is 3. The van der Waals surface area contributed by atoms with Crippen molar-refractivity contribution in [2.75, 3.05) is 0 Å². The zero-order valence-electron chi connectivity index (χ0n) is 10.3. The van der Waals surface area contributed by atoms with E-state index in [4.69, 9.17) is 0 Å². The average molecular weight is 219 g/mol. The van der Waals surface area contributed by atoms with E-state index in [1.807, 2.05) is 6.33 Å². The van der Waals surface area contributed by atoms with Crippen LogP contribution in [0, 0.1) is 17.8 Å². The predicted octanol–water partition coefficient (Wildman–Crippen LogP) is 2.84. The van der Waals surface area contributed by atoms with Gasteiger partial charge < -0.3 is 4.57 Å². The molecule has 0 N–H and O–H groups in total. The summed E-state index contributed by atoms with van der Waals surface area (Å²) in [5.74, 6) is 4.54. The summed E-state index contributed by atoms with van der Waals surface area (Å²) in [6, 6.07) is 0. The van der Waals surface area contributed by atoms with Crippen molar-refractivity contribution in [1.29, 1.82) is 0 Å². The van der Waals surface area contributed by atoms with E-state index < -0.39 is 0 Å². The fourth-order valence-corrected chi connectivity index (χ4v) is 3.65. The van der Waals surface area contributed by atoms with Crippen LogP contribution in [0.2, 0.25) is 0 Å². The summed E-state index contributed by atoms with van der Waals surface area (Å²) < 4.78 is 2.29. The average Bonchev–Trinajstić information content (AvgIpc) is 2.89. The lowest BCUT2D eigenvalue weighted by Gasteiger charge is -2.21. The maximum absolute atomic E-state index is 4.38. The monoisotopic (exact) mass is 219 g/mol. The molecular weight excluding hydrogens is 198 g/mol. The highest BCUT2D eigenvalue weighted by molar-refractivity contribution is 5.07. The van der Waals surface area contributed by atoms with Gasteiger partial charge in [0.1, 0.15) is 12.2 Å². The molecule has 2 fully saturated rings. The molecule has 3 unspecified atom stereocenters. The lowest BCUT2D eigenvalue weighted by atomic mass is 9.88. The Balaban J connectivity index is 1.81. The second-order valence-electron chi connectivity index (χ2n) is 6.02. The molecule has 1 heterocycles. The first kappa shape index (κ1) is 10.3. The molecule has 0 aliphatic heterocycles. The standard InChI is InChI=1S/C13H21N3/c1-9(2)7-16-8-14-15-13(16)12-6-10-3-4-11(12)5-10/h8-12H,3-7H2,1-2H3. The van der Waals surface area contributed by atoms with Gasteiger partial charge in [-0.05, 0) is 37.0 Å². The minimum absolute atomic E-state index is 0.674. The normalized spacial score (nSPS) is 32.8. The van der Waals surface area contributed by atoms with Crippen LogP contribution in [0.3, 0.4) is 0 Å². The van der Waals surface area contributed by atoms with Crippen molar-refractivity contribution >= 4 is 0 Å². The third-order valence-corrected chi connectivity index (χ3v) is 4.28. The first-order chi connectivity index (χ1) is 7.74. The Morgan fingerprint density at radius 1 is 1.38 bits per heavy atom. The highest BCUT2D eigenvalue weighted by Crippen LogP contribution is 2.52. The van der Waals surface area contributed by atoms with Crippen LogP contribution in [0.15, 0.2) is 6.33 Å². The summed E-state index contributed by atoms with van der Waals surface area (Å²) in [5.41, 5.74) is 0. The van der Waals surface area contributed by atoms with Crippen molar-refractivity contribution in [1.82, 2.24) is 14.8 Å². The number of hydrogen-bond acceptors (Lipinski definition) is 2. The molecule has 3 atom stereocenters. The molecule has 0 aromatic carbocycles. The van der Waals surface area contributed by atoms with Crippen LogP contribution in [0.4, 0.5) is 0 Å². The van der Waals surface area contributed by atoms with E-state index >= 15 is 0 Å². The van der Waals surface area contributed by atoms with Gasteiger partial charge in [-0.1, -0.05) is 20.3 Å². The highest BCUT2D eigenvalue weighted by atomic mass is 15.3. The van der Waals surface area contributed by atoms with E-state index in [-0.39, 0.29) is 0 Å². The lowest BCUT2D eigenvalue weighted by Crippen LogP contribution is -2.16. The minimum atomic E-state index is 0.674. The van der Waals surface area contributed by atoms with Crippen molar-refractivity contribution in [2.24, 2.45) is 17.8 Å². The molecule has 0 saturated heterocycles. The van der Waals surface area contributed by atoms with Gasteiger partial charge in [0.15, 0.2) is 0 Å². The molecule has 2 saturated carbocycles. The Kier molecular flexibility index (Phi) is 2.49. The third-order valence-electron chi connectivity index (χ3n) is 4.28. The van der Waals surface area contributed by atoms with E-state index in [2.05, 4.69) is 28.6 Å². The molecule has 0 spiro atoms. The van der Waals surface area contributed by atoms with Crippen LogP contribution in [-0.4, -0.2) is 14.8 Å². The second-order valence-corrected chi connectivity index (χ2v) is 6.02. The largest absolute Gasteiger partial charge is 0.317 e. The van der Waals surface area contributed by atoms with Gasteiger partial charge in [-0.25, -0.2) is 0 Å². The summed E-state index contributed by atoms with van der Waals surface area (Å²) >= 11 is 0. The van der Waals surface area contributed by atoms with Gasteiger partial charge in [-0.2, -0.15) is 0 Å². The summed E-state index contributed by atoms with van der Waals surface area (Å²) in [4.78, 5) is 0. The Bertz CT molecular complexity index is 369. The molecule has 2 aliphatic carbocycles. The van der Waals surface area contributed by atoms with E-state index in [0.29, 0.717) is 11.8 Å². The molecule has 2 aliphatic rings. The Labute approximate surface area is 97.3 Å². The number of hydrogen-bond donors (Lipinski definition) is 0. The lowest BCUT2D eigenvalue weighted by molar-refractivity contribution is 0.383. The number of fused-ring (bicyclic) bond motifs is 2. The third kappa shape index (κ3) is 1.66. The van der Waals surface area contributed by atoms with Gasteiger partial charge in [0, 0.05) is 12.5 Å². The zero-order valence-corrected chi connectivity index (χ0v) is 10.3. The number of nitrogens with zero attached hydrogens (tertiary/aromatic N) is 3. The zero-order chi connectivity index (χ0) is 11.1. The first-order valence-electron chi connectivity index (χ1n) is 6.61. The van der Waals surface area contributed by atoms with Crippen LogP contribution < -0.4 is 0 Å². The summed E-state index contributed by atoms with van der Waals surface area (Å²) in [5, 5.41) is 8.50. The summed E-state index contributed by atoms with van der Waals surface area (Å²) in [6.07, 6.45) is 7.60. The second kappa shape index (κ2) is 3.86. The summed E-state index contributed by atoms with van der Waals surface area (Å²) in [6.45, 7) is 5.57. The predicted molar refractivity (Wildman–Crippen MR) is 63.0 cm³/mol. The van der Waals surface area contributed by atoms with Crippen LogP contribution in [0.1, 0.15) is 51.3 Å². The van der Waals surface area contributed by atoms with Crippen LogP contribution in [-0.2, 0) is 6.54 Å². The van der Waals surface area contributed by atoms with Crippen molar-refractivity contribution in [3.05, 3.63) is 12.2 Å². The fourth-order valence-electron chi connectivity index (χ4n) is 3.65. The van der Waals surface area contributed by atoms with Crippen molar-refractivity contribution in [3.8, 4) is 0 Å². The Hall–Kier alpha value is -0.860. The molecule has 1 aromatic heterocycles. The quantitative estimate of drug-likeness (QED) is 0.782. The van der Waals surface area contributed by atoms with Gasteiger partial charge in [-0.15, -0.1) is 10.2 Å². The highest BCUT2D eigenvalue weighted by Gasteiger charge is 2.42. The number of rotatable bonds is 3. The van der Waals surface area contributed by atoms with Gasteiger partial charge in [-0.3, -0.25) is 0 Å². The summed E-state index contributed by atoms with van der Waals surface area (Å²) in [7, 11) is 0. The van der Waals surface area contributed by atoms with Crippen molar-refractivity contribution in [2.45, 2.75) is 52.0 Å². The van der Waals surface area contributed by atoms with E-state index in [1.54, 1.807) is 0 Å². The fraction of sp³-hybridized carbons (Fsp3) is 0.846. The molecule has 0 radical (unpaired) electrons.